The molecule has 156 valence electrons. The van der Waals surface area contributed by atoms with Crippen molar-refractivity contribution in [3.63, 3.8) is 0 Å². The van der Waals surface area contributed by atoms with Crippen LogP contribution in [0.25, 0.3) is 11.4 Å². The zero-order chi connectivity index (χ0) is 21.7. The number of halogens is 1. The summed E-state index contributed by atoms with van der Waals surface area (Å²) < 4.78 is 14.9. The summed E-state index contributed by atoms with van der Waals surface area (Å²) in [5, 5.41) is 12.0. The highest BCUT2D eigenvalue weighted by atomic mass is 32.2. The van der Waals surface area contributed by atoms with Crippen LogP contribution in [-0.4, -0.2) is 26.4 Å². The summed E-state index contributed by atoms with van der Waals surface area (Å²) in [5.74, 6) is 0.353. The zero-order valence-corrected chi connectivity index (χ0v) is 18.2. The van der Waals surface area contributed by atoms with E-state index in [1.54, 1.807) is 6.08 Å². The molecule has 0 aliphatic rings. The van der Waals surface area contributed by atoms with Crippen LogP contribution in [0.15, 0.2) is 66.3 Å². The van der Waals surface area contributed by atoms with Gasteiger partial charge < -0.3 is 5.32 Å². The van der Waals surface area contributed by atoms with Gasteiger partial charge in [-0.25, -0.2) is 4.39 Å². The van der Waals surface area contributed by atoms with E-state index in [4.69, 9.17) is 0 Å². The van der Waals surface area contributed by atoms with E-state index in [1.807, 2.05) is 16.7 Å². The second-order valence-corrected chi connectivity index (χ2v) is 8.82. The van der Waals surface area contributed by atoms with E-state index in [9.17, 15) is 9.18 Å². The Balaban J connectivity index is 1.73. The molecule has 0 atom stereocenters. The Bertz CT molecular complexity index is 1020. The number of rotatable bonds is 7. The number of hydrogen-bond acceptors (Lipinski definition) is 4. The highest BCUT2D eigenvalue weighted by Crippen LogP contribution is 2.28. The number of nitrogens with zero attached hydrogens (tertiary/aromatic N) is 3. The number of hydrogen-bond donors (Lipinski definition) is 1. The summed E-state index contributed by atoms with van der Waals surface area (Å²) >= 11 is 1.30. The Morgan fingerprint density at radius 2 is 1.80 bits per heavy atom. The van der Waals surface area contributed by atoms with Crippen molar-refractivity contribution in [1.29, 1.82) is 0 Å². The molecular weight excluding hydrogens is 399 g/mol. The van der Waals surface area contributed by atoms with E-state index < -0.39 is 0 Å². The van der Waals surface area contributed by atoms with E-state index in [0.717, 1.165) is 11.4 Å². The molecule has 0 saturated carbocycles. The number of thioether (sulfide) groups is 1. The standard InChI is InChI=1S/C23H25FN4OS/c1-5-14-28-21(16-6-8-17(9-7-16)23(2,3)4)26-27-22(28)30-15-20(29)25-19-12-10-18(24)11-13-19/h5-13H,1,14-15H2,2-4H3,(H,25,29). The summed E-state index contributed by atoms with van der Waals surface area (Å²) in [6.45, 7) is 10.9. The molecule has 3 aromatic rings. The first-order valence-corrected chi connectivity index (χ1v) is 10.6. The van der Waals surface area contributed by atoms with Gasteiger partial charge in [0.15, 0.2) is 11.0 Å². The maximum Gasteiger partial charge on any atom is 0.234 e. The lowest BCUT2D eigenvalue weighted by Crippen LogP contribution is -2.14. The molecule has 1 N–H and O–H groups in total. The summed E-state index contributed by atoms with van der Waals surface area (Å²) in [4.78, 5) is 12.2. The van der Waals surface area contributed by atoms with Crippen LogP contribution < -0.4 is 5.32 Å². The van der Waals surface area contributed by atoms with Crippen molar-refractivity contribution >= 4 is 23.4 Å². The van der Waals surface area contributed by atoms with Gasteiger partial charge in [0.05, 0.1) is 5.75 Å². The third-order valence-electron chi connectivity index (χ3n) is 4.50. The van der Waals surface area contributed by atoms with Crippen molar-refractivity contribution in [3.05, 3.63) is 72.6 Å². The fourth-order valence-corrected chi connectivity index (χ4v) is 3.63. The smallest absolute Gasteiger partial charge is 0.234 e. The van der Waals surface area contributed by atoms with E-state index in [0.29, 0.717) is 17.4 Å². The molecule has 0 unspecified atom stereocenters. The lowest BCUT2D eigenvalue weighted by Gasteiger charge is -2.19. The maximum atomic E-state index is 13.0. The summed E-state index contributed by atoms with van der Waals surface area (Å²) in [6.07, 6.45) is 1.78. The number of carbonyl (C=O) groups is 1. The topological polar surface area (TPSA) is 59.8 Å². The van der Waals surface area contributed by atoms with Crippen LogP contribution in [0.1, 0.15) is 26.3 Å². The van der Waals surface area contributed by atoms with Crippen LogP contribution in [0.4, 0.5) is 10.1 Å². The molecule has 0 aliphatic carbocycles. The van der Waals surface area contributed by atoms with Crippen LogP contribution in [0.2, 0.25) is 0 Å². The molecule has 0 radical (unpaired) electrons. The van der Waals surface area contributed by atoms with Gasteiger partial charge in [0.1, 0.15) is 5.82 Å². The zero-order valence-electron chi connectivity index (χ0n) is 17.4. The van der Waals surface area contributed by atoms with Gasteiger partial charge in [0.2, 0.25) is 5.91 Å². The minimum absolute atomic E-state index is 0.0756. The summed E-state index contributed by atoms with van der Waals surface area (Å²) in [5.41, 5.74) is 2.83. The average Bonchev–Trinajstić information content (AvgIpc) is 3.10. The van der Waals surface area contributed by atoms with Crippen LogP contribution in [-0.2, 0) is 16.8 Å². The van der Waals surface area contributed by atoms with Crippen molar-refractivity contribution in [1.82, 2.24) is 14.8 Å². The molecule has 0 saturated heterocycles. The van der Waals surface area contributed by atoms with Gasteiger partial charge in [-0.3, -0.25) is 9.36 Å². The van der Waals surface area contributed by atoms with Crippen molar-refractivity contribution in [2.45, 2.75) is 37.9 Å². The Morgan fingerprint density at radius 3 is 2.40 bits per heavy atom. The van der Waals surface area contributed by atoms with Crippen LogP contribution in [0.3, 0.4) is 0 Å². The minimum Gasteiger partial charge on any atom is -0.325 e. The fourth-order valence-electron chi connectivity index (χ4n) is 2.88. The second kappa shape index (κ2) is 9.26. The molecule has 3 rings (SSSR count). The molecule has 5 nitrogen and oxygen atoms in total. The van der Waals surface area contributed by atoms with Crippen LogP contribution in [0, 0.1) is 5.82 Å². The predicted octanol–water partition coefficient (Wildman–Crippen LogP) is 5.30. The lowest BCUT2D eigenvalue weighted by molar-refractivity contribution is -0.113. The Kier molecular flexibility index (Phi) is 6.72. The van der Waals surface area contributed by atoms with Gasteiger partial charge in [-0.2, -0.15) is 0 Å². The highest BCUT2D eigenvalue weighted by Gasteiger charge is 2.17. The maximum absolute atomic E-state index is 13.0. The minimum atomic E-state index is -0.344. The van der Waals surface area contributed by atoms with Crippen molar-refractivity contribution in [2.75, 3.05) is 11.1 Å². The molecule has 7 heteroatoms. The third-order valence-corrected chi connectivity index (χ3v) is 5.46. The quantitative estimate of drug-likeness (QED) is 0.413. The predicted molar refractivity (Wildman–Crippen MR) is 120 cm³/mol. The third kappa shape index (κ3) is 5.36. The second-order valence-electron chi connectivity index (χ2n) is 7.88. The first-order valence-electron chi connectivity index (χ1n) is 9.61. The largest absolute Gasteiger partial charge is 0.325 e. The van der Waals surface area contributed by atoms with Crippen molar-refractivity contribution < 1.29 is 9.18 Å². The monoisotopic (exact) mass is 424 g/mol. The van der Waals surface area contributed by atoms with Gasteiger partial charge in [-0.1, -0.05) is 62.9 Å². The molecule has 2 aromatic carbocycles. The molecule has 1 aromatic heterocycles. The number of allylic oxidation sites excluding steroid dienone is 1. The number of amides is 1. The first-order chi connectivity index (χ1) is 14.3. The SMILES string of the molecule is C=CCn1c(SCC(=O)Nc2ccc(F)cc2)nnc1-c1ccc(C(C)(C)C)cc1. The Morgan fingerprint density at radius 1 is 1.13 bits per heavy atom. The first kappa shape index (κ1) is 21.8. The number of carbonyl (C=O) groups excluding carboxylic acids is 1. The fraction of sp³-hybridized carbons (Fsp3) is 0.261. The van der Waals surface area contributed by atoms with Gasteiger partial charge in [-0.15, -0.1) is 16.8 Å². The van der Waals surface area contributed by atoms with Crippen LogP contribution in [0.5, 0.6) is 0 Å². The molecule has 0 spiro atoms. The summed E-state index contributed by atoms with van der Waals surface area (Å²) in [7, 11) is 0. The molecule has 0 bridgehead atoms. The number of nitrogens with one attached hydrogen (secondary N) is 1. The average molecular weight is 425 g/mol. The van der Waals surface area contributed by atoms with Crippen LogP contribution >= 0.6 is 11.8 Å². The molecule has 1 amide bonds. The van der Waals surface area contributed by atoms with E-state index in [1.165, 1.54) is 41.6 Å². The van der Waals surface area contributed by atoms with Crippen molar-refractivity contribution in [2.24, 2.45) is 0 Å². The Labute approximate surface area is 180 Å². The normalized spacial score (nSPS) is 11.3. The van der Waals surface area contributed by atoms with Gasteiger partial charge >= 0.3 is 0 Å². The van der Waals surface area contributed by atoms with Crippen molar-refractivity contribution in [3.8, 4) is 11.4 Å². The molecule has 0 aliphatic heterocycles. The Hall–Kier alpha value is -2.93. The van der Waals surface area contributed by atoms with E-state index in [2.05, 4.69) is 55.0 Å². The van der Waals surface area contributed by atoms with Gasteiger partial charge in [-0.05, 0) is 35.2 Å². The molecule has 30 heavy (non-hydrogen) atoms. The highest BCUT2D eigenvalue weighted by molar-refractivity contribution is 7.99. The molecular formula is C23H25FN4OS. The van der Waals surface area contributed by atoms with Gasteiger partial charge in [0, 0.05) is 17.8 Å². The van der Waals surface area contributed by atoms with Gasteiger partial charge in [0.25, 0.3) is 0 Å². The van der Waals surface area contributed by atoms with E-state index in [-0.39, 0.29) is 22.9 Å². The summed E-state index contributed by atoms with van der Waals surface area (Å²) in [6, 6.07) is 14.0. The van der Waals surface area contributed by atoms with E-state index >= 15 is 0 Å². The number of anilines is 1. The molecule has 1 heterocycles. The number of benzene rings is 2. The number of aromatic nitrogens is 3. The molecule has 0 fully saturated rings. The lowest BCUT2D eigenvalue weighted by atomic mass is 9.87.